The monoisotopic (exact) mass is 1000 g/mol. The molecule has 6 aliphatic carbocycles. The topological polar surface area (TPSA) is 324 Å². The lowest BCUT2D eigenvalue weighted by atomic mass is 9.40. The van der Waals surface area contributed by atoms with Crippen molar-refractivity contribution in [3.63, 3.8) is 0 Å². The van der Waals surface area contributed by atoms with Gasteiger partial charge in [-0.2, -0.15) is 0 Å². The third-order valence-corrected chi connectivity index (χ3v) is 17.5. The van der Waals surface area contributed by atoms with Crippen LogP contribution in [0.25, 0.3) is 0 Å². The Labute approximate surface area is 405 Å². The van der Waals surface area contributed by atoms with Crippen LogP contribution in [0.5, 0.6) is 0 Å². The third kappa shape index (κ3) is 6.15. The van der Waals surface area contributed by atoms with Crippen molar-refractivity contribution in [2.75, 3.05) is 40.6 Å². The van der Waals surface area contributed by atoms with Crippen LogP contribution in [0.15, 0.2) is 60.7 Å². The van der Waals surface area contributed by atoms with Crippen molar-refractivity contribution < 1.29 is 112 Å². The first-order valence-corrected chi connectivity index (χ1v) is 23.6. The summed E-state index contributed by atoms with van der Waals surface area (Å²) >= 11 is 0. The number of fused-ring (bicyclic) bond motifs is 1. The predicted molar refractivity (Wildman–Crippen MR) is 227 cm³/mol. The summed E-state index contributed by atoms with van der Waals surface area (Å²) in [6, 6.07) is 16.1. The lowest BCUT2D eigenvalue weighted by Gasteiger charge is -2.67. The summed E-state index contributed by atoms with van der Waals surface area (Å²) in [6.45, 7) is 0.445. The van der Waals surface area contributed by atoms with Gasteiger partial charge in [-0.3, -0.25) is 9.53 Å². The van der Waals surface area contributed by atoms with E-state index < -0.39 is 163 Å². The lowest BCUT2D eigenvalue weighted by molar-refractivity contribution is -0.466. The van der Waals surface area contributed by atoms with Gasteiger partial charge in [-0.15, -0.1) is 0 Å². The zero-order chi connectivity index (χ0) is 50.5. The second-order valence-electron chi connectivity index (χ2n) is 20.7. The van der Waals surface area contributed by atoms with Crippen LogP contribution in [-0.2, 0) is 61.6 Å². The summed E-state index contributed by atoms with van der Waals surface area (Å²) in [5.74, 6) is -10.1. The van der Waals surface area contributed by atoms with E-state index in [9.17, 15) is 55.2 Å². The Bertz CT molecular complexity index is 2430. The van der Waals surface area contributed by atoms with E-state index in [1.165, 1.54) is 33.3 Å². The number of aliphatic hydroxyl groups excluding tert-OH is 7. The minimum absolute atomic E-state index is 0.00969. The molecule has 0 spiro atoms. The largest absolute Gasteiger partial charge is 0.461 e. The quantitative estimate of drug-likeness (QED) is 0.0674. The molecule has 8 N–H and O–H groups in total. The molecule has 10 bridgehead atoms. The molecule has 71 heavy (non-hydrogen) atoms. The van der Waals surface area contributed by atoms with E-state index in [4.69, 9.17) is 56.8 Å². The Morgan fingerprint density at radius 3 is 1.75 bits per heavy atom. The first kappa shape index (κ1) is 49.5. The number of methoxy groups -OCH3 is 2. The zero-order valence-electron chi connectivity index (χ0n) is 39.1. The molecule has 21 atom stereocenters. The van der Waals surface area contributed by atoms with Gasteiger partial charge in [0.15, 0.2) is 18.4 Å². The van der Waals surface area contributed by atoms with Gasteiger partial charge in [-0.1, -0.05) is 36.4 Å². The molecule has 6 saturated carbocycles. The molecular formula is C48H58O23. The number of ketones is 1. The number of hydrogen-bond acceptors (Lipinski definition) is 23. The van der Waals surface area contributed by atoms with Crippen molar-refractivity contribution >= 4 is 17.7 Å². The van der Waals surface area contributed by atoms with Crippen LogP contribution in [0, 0.1) is 22.7 Å². The van der Waals surface area contributed by atoms with E-state index in [2.05, 4.69) is 0 Å². The maximum absolute atomic E-state index is 14.2. The summed E-state index contributed by atoms with van der Waals surface area (Å²) in [4.78, 5) is 41.3. The van der Waals surface area contributed by atoms with Gasteiger partial charge in [-0.25, -0.2) is 9.59 Å². The Morgan fingerprint density at radius 2 is 1.20 bits per heavy atom. The van der Waals surface area contributed by atoms with E-state index in [1.54, 1.807) is 55.5 Å². The Kier molecular flexibility index (Phi) is 11.5. The van der Waals surface area contributed by atoms with Crippen LogP contribution >= 0.6 is 0 Å². The molecule has 2 aromatic carbocycles. The second kappa shape index (κ2) is 16.4. The molecule has 0 radical (unpaired) electrons. The smallest absolute Gasteiger partial charge is 0.338 e. The average Bonchev–Trinajstić information content (AvgIpc) is 3.57. The summed E-state index contributed by atoms with van der Waals surface area (Å²) in [6.07, 6.45) is -18.5. The Morgan fingerprint density at radius 1 is 0.662 bits per heavy atom. The SMILES string of the molecule is COC1(OC[C@H]2O[C@@H](OC34CC5C6(O)CC3(C)OC(OC)(O6)C54COC(=O)c3ccccc3)[C@H](O)[C@@H](O)[C@@H]2O)OC2(C)CC(=O)C3CC2(O[C@@H]2O[C@H](CO)[C@@H](O)[C@H](O)[C@H]2O)C31COC(=O)c1ccccc1. The van der Waals surface area contributed by atoms with E-state index in [0.717, 1.165) is 0 Å². The number of esters is 2. The molecule has 23 nitrogen and oxygen atoms in total. The molecule has 14 rings (SSSR count). The van der Waals surface area contributed by atoms with Gasteiger partial charge in [-0.05, 0) is 51.0 Å². The van der Waals surface area contributed by atoms with E-state index in [1.807, 2.05) is 0 Å². The van der Waals surface area contributed by atoms with Crippen molar-refractivity contribution in [2.24, 2.45) is 22.7 Å². The van der Waals surface area contributed by atoms with Gasteiger partial charge in [0.1, 0.15) is 101 Å². The summed E-state index contributed by atoms with van der Waals surface area (Å²) in [5.41, 5.74) is -9.86. The second-order valence-corrected chi connectivity index (χ2v) is 20.7. The van der Waals surface area contributed by atoms with Crippen LogP contribution in [0.2, 0.25) is 0 Å². The Hall–Kier alpha value is -3.67. The van der Waals surface area contributed by atoms with Crippen LogP contribution in [0.1, 0.15) is 60.2 Å². The van der Waals surface area contributed by atoms with Gasteiger partial charge in [0, 0.05) is 38.9 Å². The van der Waals surface area contributed by atoms with Crippen molar-refractivity contribution in [2.45, 2.75) is 141 Å². The highest BCUT2D eigenvalue weighted by molar-refractivity contribution is 5.91. The summed E-state index contributed by atoms with van der Waals surface area (Å²) in [5, 5.41) is 89.3. The minimum atomic E-state index is -2.46. The van der Waals surface area contributed by atoms with Gasteiger partial charge in [0.25, 0.3) is 11.9 Å². The van der Waals surface area contributed by atoms with Gasteiger partial charge < -0.3 is 93.0 Å². The number of carbonyl (C=O) groups excluding carboxylic acids is 3. The lowest BCUT2D eigenvalue weighted by Crippen LogP contribution is -2.82. The fraction of sp³-hybridized carbons (Fsp3) is 0.688. The predicted octanol–water partition coefficient (Wildman–Crippen LogP) is -1.88. The minimum Gasteiger partial charge on any atom is -0.461 e. The fourth-order valence-corrected chi connectivity index (χ4v) is 14.1. The average molecular weight is 1000 g/mol. The maximum atomic E-state index is 14.2. The molecule has 388 valence electrons. The van der Waals surface area contributed by atoms with Crippen molar-refractivity contribution in [1.82, 2.24) is 0 Å². The number of aliphatic hydroxyl groups is 8. The standard InChI is InChI=1S/C48H58O23/c1-40-16-26(50)25-15-45(40,67-38-34(55)32(53)30(51)27(18-49)65-38)42(25,21-62-36(57)23-11-7-5-8-12-23)47(60-3,69-40)64-19-28-31(52)33(54)35(56)39(66-28)68-46-17-29-43(46,22-63-37(58)24-13-9-6-10-14-24)48(61-4)70-41(46,2)20-44(29,59)71-48/h5-14,25,27-35,38-39,49,51-56,59H,15-22H2,1-4H3/t25?,27-,28-,29?,30-,31-,32+,33+,34-,35-,38+,39+,40?,41?,42?,43?,44?,45?,46?,47?,48?/m1/s1. The highest BCUT2D eigenvalue weighted by Crippen LogP contribution is 2.85. The highest BCUT2D eigenvalue weighted by Gasteiger charge is 3.00. The molecule has 11 unspecified atom stereocenters. The number of ether oxygens (including phenoxy) is 12. The molecule has 6 saturated heterocycles. The zero-order valence-corrected chi connectivity index (χ0v) is 39.1. The maximum Gasteiger partial charge on any atom is 0.338 e. The van der Waals surface area contributed by atoms with Gasteiger partial charge >= 0.3 is 11.9 Å². The van der Waals surface area contributed by atoms with Gasteiger partial charge in [0.05, 0.1) is 24.3 Å². The molecule has 23 heteroatoms. The van der Waals surface area contributed by atoms with Crippen LogP contribution in [0.3, 0.4) is 0 Å². The third-order valence-electron chi connectivity index (χ3n) is 17.5. The van der Waals surface area contributed by atoms with Gasteiger partial charge in [0.2, 0.25) is 0 Å². The van der Waals surface area contributed by atoms with Crippen molar-refractivity contribution in [3.8, 4) is 0 Å². The van der Waals surface area contributed by atoms with Crippen molar-refractivity contribution in [3.05, 3.63) is 71.8 Å². The molecular weight excluding hydrogens is 945 g/mol. The summed E-state index contributed by atoms with van der Waals surface area (Å²) in [7, 11) is 2.47. The molecule has 2 aromatic rings. The number of hydrogen-bond donors (Lipinski definition) is 8. The molecule has 0 amide bonds. The van der Waals surface area contributed by atoms with E-state index in [0.29, 0.717) is 0 Å². The van der Waals surface area contributed by atoms with Crippen LogP contribution in [-0.4, -0.2) is 201 Å². The fourth-order valence-electron chi connectivity index (χ4n) is 14.1. The molecule has 0 aromatic heterocycles. The number of benzene rings is 2. The number of rotatable bonds is 16. The first-order valence-electron chi connectivity index (χ1n) is 23.6. The highest BCUT2D eigenvalue weighted by atomic mass is 16.9. The van der Waals surface area contributed by atoms with Crippen LogP contribution in [0.4, 0.5) is 0 Å². The summed E-state index contributed by atoms with van der Waals surface area (Å²) < 4.78 is 75.4. The number of carbonyl (C=O) groups is 3. The Balaban J connectivity index is 0.914. The molecule has 12 aliphatic rings. The van der Waals surface area contributed by atoms with E-state index >= 15 is 0 Å². The molecule has 6 aliphatic heterocycles. The van der Waals surface area contributed by atoms with Crippen LogP contribution < -0.4 is 0 Å². The van der Waals surface area contributed by atoms with E-state index in [-0.39, 0.29) is 42.6 Å². The van der Waals surface area contributed by atoms with Crippen molar-refractivity contribution in [1.29, 1.82) is 0 Å². The number of Topliss-reactive ketones (excluding diaryl/α,β-unsaturated/α-hetero) is 1. The molecule has 6 heterocycles. The normalized spacial score (nSPS) is 50.6. The molecule has 12 fully saturated rings. The first-order chi connectivity index (χ1) is 33.7.